The SMILES string of the molecule is COC(=O)C1CN(C(=O)c2cccc(NC(N)=O)c2)CCO1. The molecule has 1 aliphatic rings. The van der Waals surface area contributed by atoms with Crippen molar-refractivity contribution in [3.63, 3.8) is 0 Å². The Hall–Kier alpha value is -2.61. The molecular weight excluding hydrogens is 290 g/mol. The molecular formula is C14H17N3O5. The number of nitrogens with one attached hydrogen (secondary N) is 1. The van der Waals surface area contributed by atoms with Crippen LogP contribution in [0.5, 0.6) is 0 Å². The van der Waals surface area contributed by atoms with Gasteiger partial charge in [0.15, 0.2) is 6.10 Å². The van der Waals surface area contributed by atoms with Gasteiger partial charge < -0.3 is 25.4 Å². The number of primary amides is 1. The molecule has 22 heavy (non-hydrogen) atoms. The van der Waals surface area contributed by atoms with Crippen molar-refractivity contribution in [1.29, 1.82) is 0 Å². The van der Waals surface area contributed by atoms with Gasteiger partial charge >= 0.3 is 12.0 Å². The van der Waals surface area contributed by atoms with Crippen molar-refractivity contribution in [2.45, 2.75) is 6.10 Å². The standard InChI is InChI=1S/C14H17N3O5/c1-21-13(19)11-8-17(5-6-22-11)12(18)9-3-2-4-10(7-9)16-14(15)20/h2-4,7,11H,5-6,8H2,1H3,(H3,15,16,20). The van der Waals surface area contributed by atoms with Gasteiger partial charge in [0.25, 0.3) is 5.91 Å². The van der Waals surface area contributed by atoms with E-state index >= 15 is 0 Å². The number of esters is 1. The molecule has 0 saturated carbocycles. The van der Waals surface area contributed by atoms with E-state index in [1.165, 1.54) is 18.1 Å². The third-order valence-corrected chi connectivity index (χ3v) is 3.19. The lowest BCUT2D eigenvalue weighted by Gasteiger charge is -2.31. The third kappa shape index (κ3) is 3.73. The zero-order chi connectivity index (χ0) is 16.1. The zero-order valence-corrected chi connectivity index (χ0v) is 12.1. The van der Waals surface area contributed by atoms with Crippen LogP contribution in [0.4, 0.5) is 10.5 Å². The van der Waals surface area contributed by atoms with Crippen molar-refractivity contribution in [2.75, 3.05) is 32.1 Å². The summed E-state index contributed by atoms with van der Waals surface area (Å²) < 4.78 is 9.90. The largest absolute Gasteiger partial charge is 0.467 e. The second-order valence-corrected chi connectivity index (χ2v) is 4.70. The van der Waals surface area contributed by atoms with E-state index in [1.807, 2.05) is 0 Å². The summed E-state index contributed by atoms with van der Waals surface area (Å²) in [5.41, 5.74) is 5.86. The Morgan fingerprint density at radius 3 is 2.86 bits per heavy atom. The number of urea groups is 1. The zero-order valence-electron chi connectivity index (χ0n) is 12.1. The average Bonchev–Trinajstić information content (AvgIpc) is 2.53. The van der Waals surface area contributed by atoms with Crippen molar-refractivity contribution in [3.05, 3.63) is 29.8 Å². The van der Waals surface area contributed by atoms with E-state index in [4.69, 9.17) is 10.5 Å². The number of hydrogen-bond donors (Lipinski definition) is 2. The monoisotopic (exact) mass is 307 g/mol. The van der Waals surface area contributed by atoms with Crippen LogP contribution in [0.25, 0.3) is 0 Å². The smallest absolute Gasteiger partial charge is 0.336 e. The van der Waals surface area contributed by atoms with Gasteiger partial charge in [-0.2, -0.15) is 0 Å². The minimum Gasteiger partial charge on any atom is -0.467 e. The van der Waals surface area contributed by atoms with Crippen LogP contribution in [-0.4, -0.2) is 55.7 Å². The van der Waals surface area contributed by atoms with Gasteiger partial charge in [0.2, 0.25) is 0 Å². The molecule has 0 aliphatic carbocycles. The number of morpholine rings is 1. The number of carbonyl (C=O) groups excluding carboxylic acids is 3. The molecule has 1 heterocycles. The van der Waals surface area contributed by atoms with E-state index in [0.29, 0.717) is 17.8 Å². The number of nitrogens with two attached hydrogens (primary N) is 1. The molecule has 0 aromatic heterocycles. The first-order valence-electron chi connectivity index (χ1n) is 6.66. The van der Waals surface area contributed by atoms with Crippen LogP contribution in [0.15, 0.2) is 24.3 Å². The Bertz CT molecular complexity index is 590. The first kappa shape index (κ1) is 15.8. The highest BCUT2D eigenvalue weighted by molar-refractivity contribution is 5.97. The Morgan fingerprint density at radius 1 is 1.41 bits per heavy atom. The molecule has 118 valence electrons. The molecule has 1 unspecified atom stereocenters. The third-order valence-electron chi connectivity index (χ3n) is 3.19. The summed E-state index contributed by atoms with van der Waals surface area (Å²) in [6, 6.07) is 5.70. The van der Waals surface area contributed by atoms with Gasteiger partial charge in [0.1, 0.15) is 0 Å². The molecule has 8 heteroatoms. The lowest BCUT2D eigenvalue weighted by atomic mass is 10.1. The maximum absolute atomic E-state index is 12.5. The Labute approximate surface area is 127 Å². The maximum Gasteiger partial charge on any atom is 0.336 e. The second-order valence-electron chi connectivity index (χ2n) is 4.70. The van der Waals surface area contributed by atoms with Crippen molar-refractivity contribution < 1.29 is 23.9 Å². The Balaban J connectivity index is 2.10. The number of hydrogen-bond acceptors (Lipinski definition) is 5. The summed E-state index contributed by atoms with van der Waals surface area (Å²) >= 11 is 0. The predicted molar refractivity (Wildman–Crippen MR) is 77.3 cm³/mol. The number of anilines is 1. The van der Waals surface area contributed by atoms with Gasteiger partial charge in [0, 0.05) is 17.8 Å². The molecule has 1 aliphatic heterocycles. The van der Waals surface area contributed by atoms with E-state index in [9.17, 15) is 14.4 Å². The van der Waals surface area contributed by atoms with Gasteiger partial charge in [0.05, 0.1) is 20.3 Å². The van der Waals surface area contributed by atoms with Crippen LogP contribution in [0, 0.1) is 0 Å². The lowest BCUT2D eigenvalue weighted by Crippen LogP contribution is -2.48. The summed E-state index contributed by atoms with van der Waals surface area (Å²) in [6.45, 7) is 0.753. The molecule has 1 saturated heterocycles. The first-order valence-corrected chi connectivity index (χ1v) is 6.66. The fourth-order valence-corrected chi connectivity index (χ4v) is 2.16. The molecule has 1 aromatic rings. The minimum absolute atomic E-state index is 0.124. The molecule has 1 atom stereocenters. The highest BCUT2D eigenvalue weighted by Gasteiger charge is 2.30. The minimum atomic E-state index is -0.783. The van der Waals surface area contributed by atoms with Crippen molar-refractivity contribution in [2.24, 2.45) is 5.73 Å². The molecule has 8 nitrogen and oxygen atoms in total. The van der Waals surface area contributed by atoms with Crippen LogP contribution in [-0.2, 0) is 14.3 Å². The number of carbonyl (C=O) groups is 3. The quantitative estimate of drug-likeness (QED) is 0.774. The van der Waals surface area contributed by atoms with E-state index < -0.39 is 18.1 Å². The summed E-state index contributed by atoms with van der Waals surface area (Å²) in [7, 11) is 1.27. The molecule has 0 bridgehead atoms. The first-order chi connectivity index (χ1) is 10.5. The van der Waals surface area contributed by atoms with Gasteiger partial charge in [-0.25, -0.2) is 9.59 Å². The topological polar surface area (TPSA) is 111 Å². The summed E-state index contributed by atoms with van der Waals surface area (Å²) in [6.07, 6.45) is -0.783. The van der Waals surface area contributed by atoms with Gasteiger partial charge in [-0.3, -0.25) is 4.79 Å². The Morgan fingerprint density at radius 2 is 2.18 bits per heavy atom. The number of nitrogens with zero attached hydrogens (tertiary/aromatic N) is 1. The number of ether oxygens (including phenoxy) is 2. The van der Waals surface area contributed by atoms with Gasteiger partial charge in [-0.1, -0.05) is 6.07 Å². The van der Waals surface area contributed by atoms with Crippen LogP contribution in [0.3, 0.4) is 0 Å². The van der Waals surface area contributed by atoms with E-state index in [-0.39, 0.29) is 19.1 Å². The fraction of sp³-hybridized carbons (Fsp3) is 0.357. The molecule has 3 amide bonds. The summed E-state index contributed by atoms with van der Waals surface area (Å²) in [5, 5.41) is 2.41. The number of amides is 3. The van der Waals surface area contributed by atoms with E-state index in [2.05, 4.69) is 10.1 Å². The van der Waals surface area contributed by atoms with Gasteiger partial charge in [-0.05, 0) is 18.2 Å². The molecule has 2 rings (SSSR count). The highest BCUT2D eigenvalue weighted by Crippen LogP contribution is 2.15. The second kappa shape index (κ2) is 6.90. The molecule has 0 spiro atoms. The predicted octanol–water partition coefficient (Wildman–Crippen LogP) is 0.191. The Kier molecular flexibility index (Phi) is 4.95. The fourth-order valence-electron chi connectivity index (χ4n) is 2.16. The normalized spacial score (nSPS) is 17.7. The molecule has 1 fully saturated rings. The lowest BCUT2D eigenvalue weighted by molar-refractivity contribution is -0.158. The maximum atomic E-state index is 12.5. The van der Waals surface area contributed by atoms with Crippen molar-refractivity contribution in [3.8, 4) is 0 Å². The number of benzene rings is 1. The van der Waals surface area contributed by atoms with Crippen LogP contribution < -0.4 is 11.1 Å². The van der Waals surface area contributed by atoms with E-state index in [1.54, 1.807) is 18.2 Å². The molecule has 1 aromatic carbocycles. The van der Waals surface area contributed by atoms with Gasteiger partial charge in [-0.15, -0.1) is 0 Å². The summed E-state index contributed by atoms with van der Waals surface area (Å²) in [5.74, 6) is -0.771. The average molecular weight is 307 g/mol. The van der Waals surface area contributed by atoms with Crippen LogP contribution >= 0.6 is 0 Å². The number of rotatable bonds is 3. The number of methoxy groups -OCH3 is 1. The van der Waals surface area contributed by atoms with Crippen molar-refractivity contribution in [1.82, 2.24) is 4.90 Å². The molecule has 3 N–H and O–H groups in total. The summed E-state index contributed by atoms with van der Waals surface area (Å²) in [4.78, 5) is 36.3. The van der Waals surface area contributed by atoms with Crippen LogP contribution in [0.2, 0.25) is 0 Å². The molecule has 0 radical (unpaired) electrons. The van der Waals surface area contributed by atoms with Crippen molar-refractivity contribution >= 4 is 23.6 Å². The van der Waals surface area contributed by atoms with Crippen LogP contribution in [0.1, 0.15) is 10.4 Å². The van der Waals surface area contributed by atoms with E-state index in [0.717, 1.165) is 0 Å². The highest BCUT2D eigenvalue weighted by atomic mass is 16.6.